The summed E-state index contributed by atoms with van der Waals surface area (Å²) in [6, 6.07) is 9.64. The van der Waals surface area contributed by atoms with E-state index in [9.17, 15) is 19.2 Å². The number of primary amides is 2. The van der Waals surface area contributed by atoms with Gasteiger partial charge >= 0.3 is 0 Å². The lowest BCUT2D eigenvalue weighted by Crippen LogP contribution is -2.20. The van der Waals surface area contributed by atoms with E-state index in [0.29, 0.717) is 81.2 Å². The van der Waals surface area contributed by atoms with Gasteiger partial charge in [0.05, 0.1) is 34.5 Å². The maximum Gasteiger partial charge on any atom is 0.276 e. The summed E-state index contributed by atoms with van der Waals surface area (Å²) in [5.41, 5.74) is 15.7. The summed E-state index contributed by atoms with van der Waals surface area (Å²) in [7, 11) is 1.59. The number of carbonyl (C=O) groups is 4. The van der Waals surface area contributed by atoms with Crippen molar-refractivity contribution in [2.24, 2.45) is 11.5 Å². The first-order chi connectivity index (χ1) is 27.3. The first-order valence-electron chi connectivity index (χ1n) is 18.1. The molecule has 0 atom stereocenters. The molecule has 6 rings (SSSR count). The summed E-state index contributed by atoms with van der Waals surface area (Å²) in [6.45, 7) is 9.47. The number of imidazole rings is 2. The lowest BCUT2D eigenvalue weighted by atomic mass is 10.1. The van der Waals surface area contributed by atoms with Crippen molar-refractivity contribution in [3.8, 4) is 5.75 Å². The Morgan fingerprint density at radius 1 is 0.737 bits per heavy atom. The lowest BCUT2D eigenvalue weighted by Gasteiger charge is -2.13. The van der Waals surface area contributed by atoms with Crippen molar-refractivity contribution in [1.29, 1.82) is 0 Å². The number of ether oxygens (including phenoxy) is 2. The third kappa shape index (κ3) is 8.58. The molecule has 6 N–H and O–H groups in total. The summed E-state index contributed by atoms with van der Waals surface area (Å²) < 4.78 is 18.6. The van der Waals surface area contributed by atoms with Crippen LogP contribution in [-0.4, -0.2) is 82.6 Å². The molecule has 2 aromatic carbocycles. The number of nitrogens with zero attached hydrogens (tertiary/aromatic N) is 8. The molecule has 6 aromatic rings. The summed E-state index contributed by atoms with van der Waals surface area (Å²) in [5.74, 6) is -1.39. The Kier molecular flexibility index (Phi) is 12.2. The Balaban J connectivity index is 1.39. The van der Waals surface area contributed by atoms with E-state index in [-0.39, 0.29) is 42.7 Å². The highest BCUT2D eigenvalue weighted by atomic mass is 79.9. The number of fused-ring (bicyclic) bond motifs is 2. The van der Waals surface area contributed by atoms with Gasteiger partial charge in [0.1, 0.15) is 22.7 Å². The predicted octanol–water partition coefficient (Wildman–Crippen LogP) is 4.57. The highest BCUT2D eigenvalue weighted by Gasteiger charge is 2.23. The van der Waals surface area contributed by atoms with E-state index in [1.54, 1.807) is 75.9 Å². The fourth-order valence-corrected chi connectivity index (χ4v) is 7.07. The van der Waals surface area contributed by atoms with Gasteiger partial charge < -0.3 is 30.1 Å². The summed E-state index contributed by atoms with van der Waals surface area (Å²) in [6.07, 6.45) is 4.29. The van der Waals surface area contributed by atoms with Gasteiger partial charge in [0.25, 0.3) is 11.8 Å². The SMILES string of the molecule is CCn1nc(C)cc1C(=O)Nc1nc2cc(C(N)=O)cc(Br)c2n1CC=CCn1c(NC(=O)c2cc(C)nn2CC)nc2cc(C(N)=O)cc(OCCCOC)c21. The molecule has 0 spiro atoms. The fraction of sp³-hybridized carbons (Fsp3) is 0.316. The van der Waals surface area contributed by atoms with E-state index in [2.05, 4.69) is 41.7 Å². The van der Waals surface area contributed by atoms with E-state index in [1.165, 1.54) is 0 Å². The number of nitrogens with one attached hydrogen (secondary N) is 2. The van der Waals surface area contributed by atoms with E-state index in [1.807, 2.05) is 26.0 Å². The predicted molar refractivity (Wildman–Crippen MR) is 217 cm³/mol. The van der Waals surface area contributed by atoms with Crippen LogP contribution in [0.4, 0.5) is 11.9 Å². The Bertz CT molecular complexity index is 2550. The number of anilines is 2. The van der Waals surface area contributed by atoms with Crippen molar-refractivity contribution < 1.29 is 28.7 Å². The zero-order valence-corrected chi connectivity index (χ0v) is 33.7. The van der Waals surface area contributed by atoms with Gasteiger partial charge in [-0.05, 0) is 80.0 Å². The number of benzene rings is 2. The first-order valence-corrected chi connectivity index (χ1v) is 18.9. The molecule has 0 bridgehead atoms. The Hall–Kier alpha value is -6.34. The van der Waals surface area contributed by atoms with Crippen LogP contribution >= 0.6 is 15.9 Å². The number of hydrogen-bond donors (Lipinski definition) is 4. The molecule has 0 fully saturated rings. The minimum Gasteiger partial charge on any atom is -0.491 e. The second-order valence-electron chi connectivity index (χ2n) is 13.0. The molecule has 0 unspecified atom stereocenters. The van der Waals surface area contributed by atoms with Crippen molar-refractivity contribution in [3.63, 3.8) is 0 Å². The average Bonchev–Trinajstić information content (AvgIpc) is 3.94. The molecule has 0 saturated heterocycles. The van der Waals surface area contributed by atoms with Gasteiger partial charge in [-0.15, -0.1) is 0 Å². The topological polar surface area (TPSA) is 234 Å². The number of hydrogen-bond acceptors (Lipinski definition) is 10. The van der Waals surface area contributed by atoms with Gasteiger partial charge in [-0.3, -0.25) is 39.2 Å². The highest BCUT2D eigenvalue weighted by Crippen LogP contribution is 2.32. The Labute approximate surface area is 335 Å². The highest BCUT2D eigenvalue weighted by molar-refractivity contribution is 9.10. The van der Waals surface area contributed by atoms with E-state index in [4.69, 9.17) is 25.9 Å². The number of carbonyl (C=O) groups excluding carboxylic acids is 4. The van der Waals surface area contributed by atoms with Gasteiger partial charge in [-0.2, -0.15) is 10.2 Å². The molecule has 4 heterocycles. The van der Waals surface area contributed by atoms with Crippen LogP contribution < -0.4 is 26.8 Å². The zero-order chi connectivity index (χ0) is 41.0. The number of methoxy groups -OCH3 is 1. The van der Waals surface area contributed by atoms with Crippen LogP contribution in [0.3, 0.4) is 0 Å². The van der Waals surface area contributed by atoms with E-state index < -0.39 is 23.6 Å². The van der Waals surface area contributed by atoms with Gasteiger partial charge in [-0.25, -0.2) is 9.97 Å². The molecule has 0 saturated carbocycles. The normalized spacial score (nSPS) is 11.5. The molecule has 4 amide bonds. The monoisotopic (exact) mass is 842 g/mol. The molecule has 0 aliphatic heterocycles. The van der Waals surface area contributed by atoms with Gasteiger partial charge in [0.15, 0.2) is 0 Å². The molecular weight excluding hydrogens is 800 g/mol. The standard InChI is InChI=1S/C38H43BrN12O6/c1-6-50-28(15-21(3)46-50)35(54)44-37-42-26-18-23(33(40)52)17-25(39)31(26)48(37)11-8-9-12-49-32-27(19-24(34(41)53)20-30(32)57-14-10-13-56-5)43-38(49)45-36(55)29-16-22(4)47-51(29)7-2/h8-9,15-20H,6-7,10-14H2,1-5H3,(H2,40,52)(H2,41,53)(H,42,44,54)(H,43,45,55). The molecular formula is C38H43BrN12O6. The maximum atomic E-state index is 13.7. The van der Waals surface area contributed by atoms with Crippen LogP contribution in [0.1, 0.15) is 73.3 Å². The first kappa shape index (κ1) is 40.3. The third-order valence-corrected chi connectivity index (χ3v) is 9.59. The third-order valence-electron chi connectivity index (χ3n) is 8.98. The number of aromatic nitrogens is 8. The van der Waals surface area contributed by atoms with E-state index in [0.717, 1.165) is 0 Å². The van der Waals surface area contributed by atoms with Crippen LogP contribution in [0.2, 0.25) is 0 Å². The molecule has 0 radical (unpaired) electrons. The summed E-state index contributed by atoms with van der Waals surface area (Å²) in [4.78, 5) is 61.1. The number of aryl methyl sites for hydroxylation is 4. The van der Waals surface area contributed by atoms with Gasteiger partial charge in [0, 0.05) is 61.9 Å². The van der Waals surface area contributed by atoms with Crippen LogP contribution in [-0.2, 0) is 30.9 Å². The number of allylic oxidation sites excluding steroid dienone is 2. The quantitative estimate of drug-likeness (QED) is 0.0738. The second-order valence-corrected chi connectivity index (χ2v) is 13.9. The van der Waals surface area contributed by atoms with Crippen molar-refractivity contribution in [2.75, 3.05) is 31.0 Å². The minimum atomic E-state index is -0.667. The molecule has 19 heteroatoms. The number of nitrogens with two attached hydrogens (primary N) is 2. The van der Waals surface area contributed by atoms with Gasteiger partial charge in [0.2, 0.25) is 23.7 Å². The number of amides is 4. The van der Waals surface area contributed by atoms with Crippen molar-refractivity contribution >= 4 is 73.5 Å². The Morgan fingerprint density at radius 3 is 1.72 bits per heavy atom. The largest absolute Gasteiger partial charge is 0.491 e. The number of halogens is 1. The molecule has 298 valence electrons. The smallest absolute Gasteiger partial charge is 0.276 e. The minimum absolute atomic E-state index is 0.179. The van der Waals surface area contributed by atoms with E-state index >= 15 is 0 Å². The van der Waals surface area contributed by atoms with Crippen molar-refractivity contribution in [1.82, 2.24) is 38.7 Å². The molecule has 0 aliphatic rings. The number of rotatable bonds is 17. The average molecular weight is 844 g/mol. The fourth-order valence-electron chi connectivity index (χ4n) is 6.40. The van der Waals surface area contributed by atoms with Gasteiger partial charge in [-0.1, -0.05) is 12.2 Å². The Morgan fingerprint density at radius 2 is 1.23 bits per heavy atom. The lowest BCUT2D eigenvalue weighted by molar-refractivity contribution is 0.0991. The summed E-state index contributed by atoms with van der Waals surface area (Å²) >= 11 is 3.57. The molecule has 4 aromatic heterocycles. The van der Waals surface area contributed by atoms with Crippen LogP contribution in [0.5, 0.6) is 5.75 Å². The molecule has 18 nitrogen and oxygen atoms in total. The van der Waals surface area contributed by atoms with Crippen LogP contribution in [0.25, 0.3) is 22.1 Å². The summed E-state index contributed by atoms with van der Waals surface area (Å²) in [5, 5.41) is 14.6. The van der Waals surface area contributed by atoms with Crippen molar-refractivity contribution in [3.05, 3.63) is 86.9 Å². The maximum absolute atomic E-state index is 13.7. The van der Waals surface area contributed by atoms with Crippen molar-refractivity contribution in [2.45, 2.75) is 60.3 Å². The van der Waals surface area contributed by atoms with Crippen LogP contribution in [0, 0.1) is 13.8 Å². The zero-order valence-electron chi connectivity index (χ0n) is 32.1. The van der Waals surface area contributed by atoms with Crippen LogP contribution in [0.15, 0.2) is 53.0 Å². The molecule has 57 heavy (non-hydrogen) atoms. The second kappa shape index (κ2) is 17.2. The molecule has 0 aliphatic carbocycles.